The van der Waals surface area contributed by atoms with Crippen molar-refractivity contribution in [2.45, 2.75) is 13.3 Å². The fraction of sp³-hybridized carbons (Fsp3) is 0.190. The molecule has 138 valence electrons. The molecule has 0 aliphatic carbocycles. The summed E-state index contributed by atoms with van der Waals surface area (Å²) in [5, 5.41) is 0. The van der Waals surface area contributed by atoms with Gasteiger partial charge in [0.15, 0.2) is 0 Å². The molecule has 2 aromatic rings. The number of halogens is 1. The number of aryl methyl sites for hydroxylation is 1. The lowest BCUT2D eigenvalue weighted by Gasteiger charge is -2.13. The lowest BCUT2D eigenvalue weighted by molar-refractivity contribution is -0.137. The molecule has 1 aliphatic heterocycles. The molecule has 5 nitrogen and oxygen atoms in total. The van der Waals surface area contributed by atoms with Gasteiger partial charge in [-0.05, 0) is 43.2 Å². The normalized spacial score (nSPS) is 13.3. The van der Waals surface area contributed by atoms with E-state index < -0.39 is 5.97 Å². The number of benzene rings is 2. The minimum absolute atomic E-state index is 0.133. The van der Waals surface area contributed by atoms with Gasteiger partial charge >= 0.3 is 5.97 Å². The number of fused-ring (bicyclic) bond motifs is 1. The Hall–Kier alpha value is -2.73. The molecule has 0 atom stereocenters. The van der Waals surface area contributed by atoms with Crippen LogP contribution < -0.4 is 0 Å². The van der Waals surface area contributed by atoms with Crippen LogP contribution in [-0.2, 0) is 9.53 Å². The summed E-state index contributed by atoms with van der Waals surface area (Å²) in [6, 6.07) is 12.8. The van der Waals surface area contributed by atoms with E-state index in [-0.39, 0.29) is 25.0 Å². The molecule has 27 heavy (non-hydrogen) atoms. The number of hydrogen-bond acceptors (Lipinski definition) is 4. The maximum absolute atomic E-state index is 12.3. The number of amides is 2. The van der Waals surface area contributed by atoms with E-state index in [4.69, 9.17) is 4.74 Å². The minimum Gasteiger partial charge on any atom is -0.462 e. The summed E-state index contributed by atoms with van der Waals surface area (Å²) in [4.78, 5) is 37.6. The zero-order valence-corrected chi connectivity index (χ0v) is 16.4. The highest BCUT2D eigenvalue weighted by molar-refractivity contribution is 9.10. The smallest absolute Gasteiger partial charge is 0.330 e. The first-order chi connectivity index (χ1) is 13.0. The molecule has 3 rings (SSSR count). The maximum atomic E-state index is 12.3. The molecular formula is C21H18BrNO4. The maximum Gasteiger partial charge on any atom is 0.330 e. The quantitative estimate of drug-likeness (QED) is 0.302. The van der Waals surface area contributed by atoms with Crippen molar-refractivity contribution in [1.82, 2.24) is 4.90 Å². The van der Waals surface area contributed by atoms with Crippen molar-refractivity contribution >= 4 is 39.8 Å². The first-order valence-corrected chi connectivity index (χ1v) is 9.32. The van der Waals surface area contributed by atoms with Gasteiger partial charge in [-0.2, -0.15) is 0 Å². The number of ether oxygens (including phenoxy) is 1. The number of esters is 1. The van der Waals surface area contributed by atoms with Gasteiger partial charge in [0.25, 0.3) is 11.8 Å². The standard InChI is InChI=1S/C21H18BrNO4/c1-14-3-5-15(6-4-14)7-10-19(24)27-12-2-11-23-20(25)17-9-8-16(22)13-18(17)21(23)26/h3-10,13H,2,11-12H2,1H3/b10-7+. The Morgan fingerprint density at radius 1 is 1.07 bits per heavy atom. The average molecular weight is 428 g/mol. The summed E-state index contributed by atoms with van der Waals surface area (Å²) < 4.78 is 5.88. The monoisotopic (exact) mass is 427 g/mol. The Kier molecular flexibility index (Phi) is 5.86. The predicted octanol–water partition coefficient (Wildman–Crippen LogP) is 4.00. The van der Waals surface area contributed by atoms with Gasteiger partial charge in [-0.25, -0.2) is 4.79 Å². The van der Waals surface area contributed by atoms with Gasteiger partial charge in [0.2, 0.25) is 0 Å². The highest BCUT2D eigenvalue weighted by atomic mass is 79.9. The average Bonchev–Trinajstić information content (AvgIpc) is 2.88. The topological polar surface area (TPSA) is 63.7 Å². The van der Waals surface area contributed by atoms with Crippen molar-refractivity contribution in [3.8, 4) is 0 Å². The molecule has 1 heterocycles. The van der Waals surface area contributed by atoms with E-state index in [1.54, 1.807) is 24.3 Å². The van der Waals surface area contributed by atoms with E-state index in [1.165, 1.54) is 11.0 Å². The molecule has 2 amide bonds. The van der Waals surface area contributed by atoms with Gasteiger partial charge in [-0.3, -0.25) is 14.5 Å². The second-order valence-corrected chi connectivity index (χ2v) is 7.13. The van der Waals surface area contributed by atoms with Gasteiger partial charge in [0.1, 0.15) is 0 Å². The molecule has 0 bridgehead atoms. The van der Waals surface area contributed by atoms with E-state index in [2.05, 4.69) is 15.9 Å². The van der Waals surface area contributed by atoms with E-state index in [1.807, 2.05) is 31.2 Å². The zero-order valence-electron chi connectivity index (χ0n) is 14.8. The predicted molar refractivity (Wildman–Crippen MR) is 105 cm³/mol. The number of nitrogens with zero attached hydrogens (tertiary/aromatic N) is 1. The van der Waals surface area contributed by atoms with Crippen LogP contribution in [0.5, 0.6) is 0 Å². The summed E-state index contributed by atoms with van der Waals surface area (Å²) in [6.45, 7) is 2.34. The van der Waals surface area contributed by atoms with Crippen molar-refractivity contribution < 1.29 is 19.1 Å². The van der Waals surface area contributed by atoms with Crippen molar-refractivity contribution in [2.75, 3.05) is 13.2 Å². The van der Waals surface area contributed by atoms with Crippen LogP contribution in [0.4, 0.5) is 0 Å². The third kappa shape index (κ3) is 4.52. The Morgan fingerprint density at radius 3 is 2.52 bits per heavy atom. The third-order valence-corrected chi connectivity index (χ3v) is 4.69. The number of imide groups is 1. The van der Waals surface area contributed by atoms with Crippen LogP contribution in [0.15, 0.2) is 53.0 Å². The van der Waals surface area contributed by atoms with Gasteiger partial charge in [-0.15, -0.1) is 0 Å². The molecule has 0 radical (unpaired) electrons. The van der Waals surface area contributed by atoms with Crippen molar-refractivity contribution in [1.29, 1.82) is 0 Å². The molecule has 0 aromatic heterocycles. The van der Waals surface area contributed by atoms with Gasteiger partial charge in [-0.1, -0.05) is 45.8 Å². The van der Waals surface area contributed by atoms with Crippen LogP contribution >= 0.6 is 15.9 Å². The summed E-state index contributed by atoms with van der Waals surface area (Å²) in [6.07, 6.45) is 3.44. The molecular weight excluding hydrogens is 410 g/mol. The van der Waals surface area contributed by atoms with E-state index in [0.717, 1.165) is 15.6 Å². The Bertz CT molecular complexity index is 918. The van der Waals surface area contributed by atoms with E-state index >= 15 is 0 Å². The fourth-order valence-electron chi connectivity index (χ4n) is 2.75. The molecule has 0 unspecified atom stereocenters. The van der Waals surface area contributed by atoms with Crippen molar-refractivity contribution in [3.05, 3.63) is 75.3 Å². The van der Waals surface area contributed by atoms with Crippen LogP contribution in [0.2, 0.25) is 0 Å². The first-order valence-electron chi connectivity index (χ1n) is 8.53. The van der Waals surface area contributed by atoms with Gasteiger partial charge in [0, 0.05) is 17.1 Å². The van der Waals surface area contributed by atoms with E-state index in [0.29, 0.717) is 17.5 Å². The molecule has 0 saturated heterocycles. The van der Waals surface area contributed by atoms with Crippen LogP contribution in [0, 0.1) is 6.92 Å². The summed E-state index contributed by atoms with van der Waals surface area (Å²) in [5.41, 5.74) is 2.86. The lowest BCUT2D eigenvalue weighted by atomic mass is 10.1. The van der Waals surface area contributed by atoms with Gasteiger partial charge < -0.3 is 4.74 Å². The van der Waals surface area contributed by atoms with Crippen LogP contribution in [0.1, 0.15) is 38.3 Å². The van der Waals surface area contributed by atoms with Crippen molar-refractivity contribution in [3.63, 3.8) is 0 Å². The second-order valence-electron chi connectivity index (χ2n) is 6.22. The molecule has 2 aromatic carbocycles. The highest BCUT2D eigenvalue weighted by Gasteiger charge is 2.35. The SMILES string of the molecule is Cc1ccc(/C=C/C(=O)OCCCN2C(=O)c3ccc(Br)cc3C2=O)cc1. The second kappa shape index (κ2) is 8.31. The zero-order chi connectivity index (χ0) is 19.4. The Labute approximate surface area is 165 Å². The Morgan fingerprint density at radius 2 is 1.78 bits per heavy atom. The highest BCUT2D eigenvalue weighted by Crippen LogP contribution is 2.26. The summed E-state index contributed by atoms with van der Waals surface area (Å²) >= 11 is 3.30. The number of carbonyl (C=O) groups is 3. The Balaban J connectivity index is 1.46. The van der Waals surface area contributed by atoms with E-state index in [9.17, 15) is 14.4 Å². The molecule has 0 fully saturated rings. The third-order valence-electron chi connectivity index (χ3n) is 4.19. The van der Waals surface area contributed by atoms with Gasteiger partial charge in [0.05, 0.1) is 17.7 Å². The molecule has 0 saturated carbocycles. The summed E-state index contributed by atoms with van der Waals surface area (Å²) in [5.74, 6) is -1.09. The number of hydrogen-bond donors (Lipinski definition) is 0. The van der Waals surface area contributed by atoms with Crippen LogP contribution in [0.25, 0.3) is 6.08 Å². The fourth-order valence-corrected chi connectivity index (χ4v) is 3.11. The van der Waals surface area contributed by atoms with Crippen molar-refractivity contribution in [2.24, 2.45) is 0 Å². The molecule has 0 N–H and O–H groups in total. The first kappa shape index (κ1) is 19.0. The lowest BCUT2D eigenvalue weighted by Crippen LogP contribution is -2.31. The molecule has 6 heteroatoms. The summed E-state index contributed by atoms with van der Waals surface area (Å²) in [7, 11) is 0. The number of rotatable bonds is 6. The largest absolute Gasteiger partial charge is 0.462 e. The molecule has 1 aliphatic rings. The van der Waals surface area contributed by atoms with Crippen LogP contribution in [0.3, 0.4) is 0 Å². The van der Waals surface area contributed by atoms with Crippen LogP contribution in [-0.4, -0.2) is 35.8 Å². The number of carbonyl (C=O) groups excluding carboxylic acids is 3. The molecule has 0 spiro atoms. The minimum atomic E-state index is -0.457.